The van der Waals surface area contributed by atoms with Gasteiger partial charge in [-0.15, -0.1) is 0 Å². The number of hydroxylamine groups is 2. The minimum absolute atomic E-state index is 0.0606. The zero-order valence-corrected chi connectivity index (χ0v) is 8.06. The Labute approximate surface area is 77.1 Å². The first kappa shape index (κ1) is 9.36. The number of rotatable bonds is 1. The van der Waals surface area contributed by atoms with Gasteiger partial charge in [0.15, 0.2) is 12.0 Å². The molecule has 5 heteroatoms. The van der Waals surface area contributed by atoms with Crippen LogP contribution in [0.1, 0.15) is 13.8 Å². The lowest BCUT2D eigenvalue weighted by Gasteiger charge is -2.24. The van der Waals surface area contributed by atoms with E-state index in [9.17, 15) is 5.21 Å². The number of hydrogen-bond donors (Lipinski definition) is 1. The summed E-state index contributed by atoms with van der Waals surface area (Å²) < 4.78 is 16.5. The normalized spacial score (nSPS) is 42.7. The van der Waals surface area contributed by atoms with E-state index < -0.39 is 12.0 Å². The molecule has 0 radical (unpaired) electrons. The zero-order valence-electron chi connectivity index (χ0n) is 8.06. The molecule has 0 spiro atoms. The molecule has 5 nitrogen and oxygen atoms in total. The number of fused-ring (bicyclic) bond motifs is 1. The molecule has 0 aromatic heterocycles. The van der Waals surface area contributed by atoms with Crippen molar-refractivity contribution in [2.75, 3.05) is 13.7 Å². The van der Waals surface area contributed by atoms with Crippen molar-refractivity contribution in [2.45, 2.75) is 38.1 Å². The quantitative estimate of drug-likeness (QED) is 0.596. The maximum absolute atomic E-state index is 9.24. The van der Waals surface area contributed by atoms with Gasteiger partial charge >= 0.3 is 0 Å². The van der Waals surface area contributed by atoms with Crippen LogP contribution < -0.4 is 0 Å². The number of hydrogen-bond acceptors (Lipinski definition) is 5. The van der Waals surface area contributed by atoms with Gasteiger partial charge in [0.1, 0.15) is 12.2 Å². The Morgan fingerprint density at radius 3 is 2.69 bits per heavy atom. The summed E-state index contributed by atoms with van der Waals surface area (Å²) in [5, 5.41) is 10.3. The topological polar surface area (TPSA) is 51.2 Å². The van der Waals surface area contributed by atoms with Gasteiger partial charge in [-0.25, -0.2) is 0 Å². The molecule has 2 saturated heterocycles. The van der Waals surface area contributed by atoms with Crippen LogP contribution in [0.4, 0.5) is 0 Å². The average Bonchev–Trinajstić information content (AvgIpc) is 2.41. The van der Waals surface area contributed by atoms with Gasteiger partial charge < -0.3 is 19.4 Å². The molecule has 2 aliphatic rings. The van der Waals surface area contributed by atoms with Gasteiger partial charge in [0.05, 0.1) is 6.61 Å². The highest BCUT2D eigenvalue weighted by Gasteiger charge is 2.51. The summed E-state index contributed by atoms with van der Waals surface area (Å²) in [4.78, 5) is 0. The first-order valence-electron chi connectivity index (χ1n) is 4.38. The van der Waals surface area contributed by atoms with Crippen LogP contribution in [-0.4, -0.2) is 48.1 Å². The third-order valence-corrected chi connectivity index (χ3v) is 2.30. The van der Waals surface area contributed by atoms with E-state index in [1.807, 2.05) is 13.8 Å². The number of ether oxygens (including phenoxy) is 3. The summed E-state index contributed by atoms with van der Waals surface area (Å²) in [7, 11) is 1.54. The highest BCUT2D eigenvalue weighted by molar-refractivity contribution is 4.90. The van der Waals surface area contributed by atoms with E-state index >= 15 is 0 Å². The van der Waals surface area contributed by atoms with Crippen molar-refractivity contribution < 1.29 is 19.4 Å². The van der Waals surface area contributed by atoms with Crippen molar-refractivity contribution in [3.05, 3.63) is 0 Å². The minimum atomic E-state index is -0.562. The third-order valence-electron chi connectivity index (χ3n) is 2.30. The Bertz CT molecular complexity index is 206. The Morgan fingerprint density at radius 1 is 1.38 bits per heavy atom. The van der Waals surface area contributed by atoms with Crippen molar-refractivity contribution in [1.29, 1.82) is 0 Å². The van der Waals surface area contributed by atoms with Crippen LogP contribution in [0, 0.1) is 0 Å². The van der Waals surface area contributed by atoms with Crippen LogP contribution in [0.25, 0.3) is 0 Å². The predicted molar refractivity (Wildman–Crippen MR) is 43.1 cm³/mol. The van der Waals surface area contributed by atoms with E-state index in [2.05, 4.69) is 0 Å². The molecule has 0 aromatic carbocycles. The SMILES string of the molecule is CN(O)[C@@H]1OC[C@H]2OC(C)(C)O[C@@H]12. The first-order valence-corrected chi connectivity index (χ1v) is 4.38. The zero-order chi connectivity index (χ0) is 9.64. The molecule has 1 N–H and O–H groups in total. The molecule has 0 aromatic rings. The van der Waals surface area contributed by atoms with Crippen LogP contribution in [0.3, 0.4) is 0 Å². The second kappa shape index (κ2) is 2.90. The molecular formula is C8H15NO4. The van der Waals surface area contributed by atoms with E-state index in [0.29, 0.717) is 6.61 Å². The molecular weight excluding hydrogens is 174 g/mol. The molecule has 0 unspecified atom stereocenters. The van der Waals surface area contributed by atoms with Gasteiger partial charge in [-0.1, -0.05) is 0 Å². The van der Waals surface area contributed by atoms with E-state index in [-0.39, 0.29) is 12.2 Å². The molecule has 0 saturated carbocycles. The number of nitrogens with zero attached hydrogens (tertiary/aromatic N) is 1. The van der Waals surface area contributed by atoms with E-state index in [1.165, 1.54) is 0 Å². The summed E-state index contributed by atoms with van der Waals surface area (Å²) in [6, 6.07) is 0. The maximum Gasteiger partial charge on any atom is 0.164 e. The molecule has 0 bridgehead atoms. The van der Waals surface area contributed by atoms with Crippen molar-refractivity contribution in [3.63, 3.8) is 0 Å². The van der Waals surface area contributed by atoms with Crippen LogP contribution in [-0.2, 0) is 14.2 Å². The molecule has 76 valence electrons. The van der Waals surface area contributed by atoms with Gasteiger partial charge in [0.2, 0.25) is 0 Å². The van der Waals surface area contributed by atoms with Gasteiger partial charge in [-0.3, -0.25) is 0 Å². The fraction of sp³-hybridized carbons (Fsp3) is 1.00. The Morgan fingerprint density at radius 2 is 2.08 bits per heavy atom. The minimum Gasteiger partial charge on any atom is -0.355 e. The summed E-state index contributed by atoms with van der Waals surface area (Å²) in [6.07, 6.45) is -0.661. The largest absolute Gasteiger partial charge is 0.355 e. The number of likely N-dealkylation sites (N-methyl/N-ethyl adjacent to an activating group) is 1. The Hall–Kier alpha value is -0.200. The molecule has 2 fully saturated rings. The van der Waals surface area contributed by atoms with Crippen LogP contribution in [0.2, 0.25) is 0 Å². The van der Waals surface area contributed by atoms with Crippen molar-refractivity contribution in [3.8, 4) is 0 Å². The summed E-state index contributed by atoms with van der Waals surface area (Å²) >= 11 is 0. The fourth-order valence-corrected chi connectivity index (χ4v) is 1.84. The highest BCUT2D eigenvalue weighted by Crippen LogP contribution is 2.35. The van der Waals surface area contributed by atoms with Crippen LogP contribution >= 0.6 is 0 Å². The van der Waals surface area contributed by atoms with E-state index in [4.69, 9.17) is 14.2 Å². The van der Waals surface area contributed by atoms with Crippen molar-refractivity contribution >= 4 is 0 Å². The van der Waals surface area contributed by atoms with Gasteiger partial charge in [-0.2, -0.15) is 5.06 Å². The lowest BCUT2D eigenvalue weighted by atomic mass is 10.2. The molecule has 2 heterocycles. The molecule has 0 amide bonds. The summed E-state index contributed by atoms with van der Waals surface area (Å²) in [6.45, 7) is 4.20. The highest BCUT2D eigenvalue weighted by atomic mass is 16.8. The lowest BCUT2D eigenvalue weighted by molar-refractivity contribution is -0.240. The second-order valence-electron chi connectivity index (χ2n) is 3.94. The monoisotopic (exact) mass is 189 g/mol. The standard InChI is InChI=1S/C8H15NO4/c1-8(2)12-5-4-11-7(9(3)10)6(5)13-8/h5-7,10H,4H2,1-3H3/t5-,6-,7-/m1/s1. The summed E-state index contributed by atoms with van der Waals surface area (Å²) in [5.74, 6) is -0.562. The third kappa shape index (κ3) is 1.58. The first-order chi connectivity index (χ1) is 5.99. The van der Waals surface area contributed by atoms with Crippen LogP contribution in [0.5, 0.6) is 0 Å². The predicted octanol–water partition coefficient (Wildman–Crippen LogP) is 0.184. The second-order valence-corrected chi connectivity index (χ2v) is 3.94. The van der Waals surface area contributed by atoms with Gasteiger partial charge in [0.25, 0.3) is 0 Å². The van der Waals surface area contributed by atoms with E-state index in [1.54, 1.807) is 7.05 Å². The van der Waals surface area contributed by atoms with Crippen molar-refractivity contribution in [2.24, 2.45) is 0 Å². The Balaban J connectivity index is 2.08. The summed E-state index contributed by atoms with van der Waals surface area (Å²) in [5.41, 5.74) is 0. The Kier molecular flexibility index (Phi) is 2.08. The van der Waals surface area contributed by atoms with Gasteiger partial charge in [0, 0.05) is 7.05 Å². The molecule has 3 atom stereocenters. The fourth-order valence-electron chi connectivity index (χ4n) is 1.84. The molecule has 2 rings (SSSR count). The molecule has 0 aliphatic carbocycles. The average molecular weight is 189 g/mol. The molecule has 2 aliphatic heterocycles. The smallest absolute Gasteiger partial charge is 0.164 e. The lowest BCUT2D eigenvalue weighted by Crippen LogP contribution is -2.40. The van der Waals surface area contributed by atoms with E-state index in [0.717, 1.165) is 5.06 Å². The molecule has 13 heavy (non-hydrogen) atoms. The van der Waals surface area contributed by atoms with Crippen molar-refractivity contribution in [1.82, 2.24) is 5.06 Å². The van der Waals surface area contributed by atoms with Gasteiger partial charge in [-0.05, 0) is 13.8 Å². The van der Waals surface area contributed by atoms with Crippen LogP contribution in [0.15, 0.2) is 0 Å². The maximum atomic E-state index is 9.24.